The van der Waals surface area contributed by atoms with E-state index in [4.69, 9.17) is 34.8 Å². The zero-order valence-electron chi connectivity index (χ0n) is 23.2. The van der Waals surface area contributed by atoms with E-state index in [-0.39, 0.29) is 17.4 Å². The van der Waals surface area contributed by atoms with Crippen LogP contribution in [0.5, 0.6) is 0 Å². The maximum atomic E-state index is 13.4. The highest BCUT2D eigenvalue weighted by Crippen LogP contribution is 2.31. The number of nitrogens with one attached hydrogen (secondary N) is 3. The number of hydrogen-bond donors (Lipinski definition) is 3. The first kappa shape index (κ1) is 32.3. The molecule has 1 heterocycles. The number of halogens is 3. The van der Waals surface area contributed by atoms with Crippen LogP contribution >= 0.6 is 57.9 Å². The number of carbonyl (C=O) groups is 3. The van der Waals surface area contributed by atoms with Crippen LogP contribution in [0, 0.1) is 0 Å². The van der Waals surface area contributed by atoms with Crippen LogP contribution in [0.15, 0.2) is 113 Å². The number of thiazole rings is 1. The predicted molar refractivity (Wildman–Crippen MR) is 185 cm³/mol. The van der Waals surface area contributed by atoms with Crippen molar-refractivity contribution >= 4 is 92.5 Å². The van der Waals surface area contributed by atoms with E-state index < -0.39 is 11.8 Å². The van der Waals surface area contributed by atoms with E-state index in [1.807, 2.05) is 29.6 Å². The molecule has 7 nitrogen and oxygen atoms in total. The van der Waals surface area contributed by atoms with Gasteiger partial charge in [0.1, 0.15) is 5.70 Å². The van der Waals surface area contributed by atoms with Crippen molar-refractivity contribution < 1.29 is 14.4 Å². The van der Waals surface area contributed by atoms with E-state index >= 15 is 0 Å². The Morgan fingerprint density at radius 3 is 2.24 bits per heavy atom. The second-order valence-electron chi connectivity index (χ2n) is 9.35. The van der Waals surface area contributed by atoms with Crippen molar-refractivity contribution in [3.63, 3.8) is 0 Å². The van der Waals surface area contributed by atoms with Crippen LogP contribution in [0.1, 0.15) is 15.9 Å². The predicted octanol–water partition coefficient (Wildman–Crippen LogP) is 8.91. The largest absolute Gasteiger partial charge is 0.321 e. The fraction of sp³-hybridized carbons (Fsp3) is 0.0303. The summed E-state index contributed by atoms with van der Waals surface area (Å²) in [4.78, 5) is 44.3. The molecule has 4 aromatic carbocycles. The Kier molecular flexibility index (Phi) is 10.9. The first-order valence-corrected chi connectivity index (χ1v) is 16.3. The molecule has 0 aliphatic heterocycles. The Balaban J connectivity index is 1.25. The van der Waals surface area contributed by atoms with Gasteiger partial charge in [0.2, 0.25) is 5.91 Å². The molecule has 0 aliphatic carbocycles. The van der Waals surface area contributed by atoms with Gasteiger partial charge in [-0.25, -0.2) is 4.98 Å². The van der Waals surface area contributed by atoms with E-state index in [1.165, 1.54) is 29.2 Å². The molecule has 0 atom stereocenters. The zero-order valence-corrected chi connectivity index (χ0v) is 27.1. The fourth-order valence-electron chi connectivity index (χ4n) is 4.03. The van der Waals surface area contributed by atoms with Gasteiger partial charge in [-0.2, -0.15) is 0 Å². The van der Waals surface area contributed by atoms with Crippen LogP contribution in [-0.2, 0) is 9.59 Å². The summed E-state index contributed by atoms with van der Waals surface area (Å²) in [7, 11) is 0. The van der Waals surface area contributed by atoms with Crippen molar-refractivity contribution in [2.45, 2.75) is 4.90 Å². The Labute approximate surface area is 282 Å². The van der Waals surface area contributed by atoms with E-state index in [1.54, 1.807) is 72.8 Å². The summed E-state index contributed by atoms with van der Waals surface area (Å²) in [6.45, 7) is 0. The molecule has 5 rings (SSSR count). The van der Waals surface area contributed by atoms with Gasteiger partial charge in [-0.1, -0.05) is 83.3 Å². The van der Waals surface area contributed by atoms with Crippen LogP contribution in [0.3, 0.4) is 0 Å². The van der Waals surface area contributed by atoms with Crippen LogP contribution in [0.25, 0.3) is 17.3 Å². The number of thioether (sulfide) groups is 1. The number of nitrogens with zero attached hydrogens (tertiary/aromatic N) is 1. The SMILES string of the molecule is O=C(CSc1cccc(NC(=O)/C(=C\c2c(Cl)cccc2Cl)NC(=O)c2ccccc2)c1)Nc1nc(-c2ccccc2Cl)cs1. The summed E-state index contributed by atoms with van der Waals surface area (Å²) >= 11 is 21.5. The molecule has 0 spiro atoms. The number of amides is 3. The van der Waals surface area contributed by atoms with Gasteiger partial charge in [-0.3, -0.25) is 14.4 Å². The van der Waals surface area contributed by atoms with Gasteiger partial charge in [-0.05, 0) is 54.6 Å². The van der Waals surface area contributed by atoms with Gasteiger partial charge in [0.25, 0.3) is 11.8 Å². The van der Waals surface area contributed by atoms with Gasteiger partial charge < -0.3 is 16.0 Å². The lowest BCUT2D eigenvalue weighted by molar-refractivity contribution is -0.114. The molecule has 1 aromatic heterocycles. The molecule has 45 heavy (non-hydrogen) atoms. The highest BCUT2D eigenvalue weighted by atomic mass is 35.5. The molecule has 0 saturated heterocycles. The van der Waals surface area contributed by atoms with Gasteiger partial charge in [-0.15, -0.1) is 23.1 Å². The molecular weight excluding hydrogens is 671 g/mol. The molecule has 0 aliphatic rings. The van der Waals surface area contributed by atoms with Crippen molar-refractivity contribution in [1.82, 2.24) is 10.3 Å². The van der Waals surface area contributed by atoms with Crippen molar-refractivity contribution in [1.29, 1.82) is 0 Å². The van der Waals surface area contributed by atoms with Crippen molar-refractivity contribution in [3.05, 3.63) is 134 Å². The number of benzene rings is 4. The Hall–Kier alpha value is -4.12. The summed E-state index contributed by atoms with van der Waals surface area (Å²) in [6, 6.07) is 27.8. The number of carbonyl (C=O) groups excluding carboxylic acids is 3. The lowest BCUT2D eigenvalue weighted by Crippen LogP contribution is -2.30. The molecule has 226 valence electrons. The quantitative estimate of drug-likeness (QED) is 0.100. The highest BCUT2D eigenvalue weighted by molar-refractivity contribution is 8.00. The maximum absolute atomic E-state index is 13.4. The lowest BCUT2D eigenvalue weighted by Gasteiger charge is -2.13. The number of anilines is 2. The maximum Gasteiger partial charge on any atom is 0.272 e. The molecule has 3 N–H and O–H groups in total. The minimum Gasteiger partial charge on any atom is -0.321 e. The minimum atomic E-state index is -0.590. The second kappa shape index (κ2) is 15.2. The summed E-state index contributed by atoms with van der Waals surface area (Å²) in [5.41, 5.74) is 2.62. The van der Waals surface area contributed by atoms with Crippen LogP contribution in [-0.4, -0.2) is 28.5 Å². The molecule has 5 aromatic rings. The third-order valence-corrected chi connectivity index (χ3v) is 8.92. The molecule has 0 fully saturated rings. The Morgan fingerprint density at radius 1 is 0.800 bits per heavy atom. The summed E-state index contributed by atoms with van der Waals surface area (Å²) in [5.74, 6) is -1.19. The zero-order chi connectivity index (χ0) is 31.8. The summed E-state index contributed by atoms with van der Waals surface area (Å²) in [6.07, 6.45) is 1.43. The van der Waals surface area contributed by atoms with E-state index in [9.17, 15) is 14.4 Å². The topological polar surface area (TPSA) is 100 Å². The van der Waals surface area contributed by atoms with Crippen LogP contribution in [0.4, 0.5) is 10.8 Å². The molecular formula is C33H23Cl3N4O3S2. The number of aromatic nitrogens is 1. The van der Waals surface area contributed by atoms with E-state index in [0.29, 0.717) is 42.7 Å². The Morgan fingerprint density at radius 2 is 1.49 bits per heavy atom. The Bertz CT molecular complexity index is 1880. The second-order valence-corrected chi connectivity index (χ2v) is 12.5. The summed E-state index contributed by atoms with van der Waals surface area (Å²) in [5, 5.41) is 11.8. The summed E-state index contributed by atoms with van der Waals surface area (Å²) < 4.78 is 0. The first-order valence-electron chi connectivity index (χ1n) is 13.3. The molecule has 0 saturated carbocycles. The van der Waals surface area contributed by atoms with Gasteiger partial charge in [0.15, 0.2) is 5.13 Å². The highest BCUT2D eigenvalue weighted by Gasteiger charge is 2.17. The van der Waals surface area contributed by atoms with Crippen LogP contribution < -0.4 is 16.0 Å². The average molecular weight is 694 g/mol. The molecule has 0 unspecified atom stereocenters. The van der Waals surface area contributed by atoms with E-state index in [0.717, 1.165) is 10.5 Å². The fourth-order valence-corrected chi connectivity index (χ4v) is 6.25. The minimum absolute atomic E-state index is 0.0594. The van der Waals surface area contributed by atoms with E-state index in [2.05, 4.69) is 20.9 Å². The number of hydrogen-bond acceptors (Lipinski definition) is 6. The standard InChI is InChI=1S/C33H23Cl3N4O3S2/c34-25-13-5-4-12-23(25)29-18-45-33(39-29)40-30(41)19-44-22-11-6-10-21(16-22)37-32(43)28(17-24-26(35)14-7-15-27(24)36)38-31(42)20-8-2-1-3-9-20/h1-18H,19H2,(H,37,43)(H,38,42)(H,39,40,41)/b28-17+. The van der Waals surface area contributed by atoms with Crippen molar-refractivity contribution in [2.24, 2.45) is 0 Å². The molecule has 0 bridgehead atoms. The average Bonchev–Trinajstić information content (AvgIpc) is 3.50. The van der Waals surface area contributed by atoms with Crippen molar-refractivity contribution in [3.8, 4) is 11.3 Å². The van der Waals surface area contributed by atoms with Gasteiger partial charge in [0, 0.05) is 47.7 Å². The third kappa shape index (κ3) is 8.75. The van der Waals surface area contributed by atoms with Crippen molar-refractivity contribution in [2.75, 3.05) is 16.4 Å². The molecule has 3 amide bonds. The first-order chi connectivity index (χ1) is 21.8. The monoisotopic (exact) mass is 692 g/mol. The molecule has 12 heteroatoms. The van der Waals surface area contributed by atoms with Gasteiger partial charge >= 0.3 is 0 Å². The third-order valence-electron chi connectivity index (χ3n) is 6.18. The van der Waals surface area contributed by atoms with Gasteiger partial charge in [0.05, 0.1) is 11.4 Å². The van der Waals surface area contributed by atoms with Crippen LogP contribution in [0.2, 0.25) is 15.1 Å². The lowest BCUT2D eigenvalue weighted by atomic mass is 10.1. The molecule has 0 radical (unpaired) electrons. The smallest absolute Gasteiger partial charge is 0.272 e. The normalized spacial score (nSPS) is 11.1. The number of rotatable bonds is 10.